The molecule has 6 heteroatoms. The fourth-order valence-corrected chi connectivity index (χ4v) is 3.52. The monoisotopic (exact) mass is 390 g/mol. The van der Waals surface area contributed by atoms with Crippen LogP contribution in [0.5, 0.6) is 11.5 Å². The molecule has 0 amide bonds. The summed E-state index contributed by atoms with van der Waals surface area (Å²) in [6.45, 7) is 0. The molecule has 0 heterocycles. The Labute approximate surface area is 162 Å². The topological polar surface area (TPSA) is 65.2 Å². The van der Waals surface area contributed by atoms with Crippen LogP contribution in [0.3, 0.4) is 0 Å². The lowest BCUT2D eigenvalue weighted by molar-refractivity contribution is 0.390. The van der Waals surface area contributed by atoms with Gasteiger partial charge in [0.05, 0.1) is 33.3 Å². The van der Waals surface area contributed by atoms with Crippen LogP contribution in [0, 0.1) is 0 Å². The molecule has 0 radical (unpaired) electrons. The second kappa shape index (κ2) is 8.56. The van der Waals surface area contributed by atoms with Gasteiger partial charge in [-0.15, -0.1) is 0 Å². The van der Waals surface area contributed by atoms with E-state index in [1.807, 2.05) is 0 Å². The van der Waals surface area contributed by atoms with Gasteiger partial charge in [0.2, 0.25) is 0 Å². The van der Waals surface area contributed by atoms with Crippen molar-refractivity contribution in [1.29, 1.82) is 0 Å². The predicted octanol–water partition coefficient (Wildman–Crippen LogP) is 5.25. The average Bonchev–Trinajstić information content (AvgIpc) is 2.62. The Kier molecular flexibility index (Phi) is 6.17. The minimum Gasteiger partial charge on any atom is -0.507 e. The molecule has 1 fully saturated rings. The molecule has 136 valence electrons. The molecule has 1 saturated carbocycles. The third-order valence-electron chi connectivity index (χ3n) is 4.54. The number of nitrogens with zero attached hydrogens (tertiary/aromatic N) is 2. The smallest absolute Gasteiger partial charge is 0.125 e. The fourth-order valence-electron chi connectivity index (χ4n) is 3.09. The van der Waals surface area contributed by atoms with Crippen LogP contribution in [0.1, 0.15) is 36.8 Å². The molecule has 2 N–H and O–H groups in total. The van der Waals surface area contributed by atoms with Gasteiger partial charge in [0, 0.05) is 12.4 Å². The number of benzene rings is 2. The average molecular weight is 391 g/mol. The van der Waals surface area contributed by atoms with Crippen molar-refractivity contribution in [3.05, 3.63) is 57.6 Å². The quantitative estimate of drug-likeness (QED) is 0.699. The van der Waals surface area contributed by atoms with Gasteiger partial charge in [0.15, 0.2) is 0 Å². The maximum absolute atomic E-state index is 9.95. The summed E-state index contributed by atoms with van der Waals surface area (Å²) in [5, 5.41) is 20.8. The molecular weight excluding hydrogens is 371 g/mol. The Morgan fingerprint density at radius 3 is 1.58 bits per heavy atom. The second-order valence-corrected chi connectivity index (χ2v) is 7.14. The molecule has 3 rings (SSSR count). The highest BCUT2D eigenvalue weighted by molar-refractivity contribution is 6.33. The van der Waals surface area contributed by atoms with Crippen LogP contribution in [0.25, 0.3) is 0 Å². The molecule has 2 aromatic rings. The predicted molar refractivity (Wildman–Crippen MR) is 107 cm³/mol. The highest BCUT2D eigenvalue weighted by Gasteiger charge is 2.23. The van der Waals surface area contributed by atoms with E-state index in [-0.39, 0.29) is 23.6 Å². The minimum absolute atomic E-state index is 0.000281. The zero-order valence-electron chi connectivity index (χ0n) is 14.1. The molecular formula is C20H20Cl2N2O2. The molecule has 1 aliphatic rings. The zero-order valence-corrected chi connectivity index (χ0v) is 15.7. The number of hydrogen-bond acceptors (Lipinski definition) is 4. The van der Waals surface area contributed by atoms with Crippen molar-refractivity contribution < 1.29 is 10.2 Å². The first-order valence-corrected chi connectivity index (χ1v) is 9.33. The molecule has 0 spiro atoms. The largest absolute Gasteiger partial charge is 0.507 e. The van der Waals surface area contributed by atoms with Crippen LogP contribution in [0.4, 0.5) is 0 Å². The molecule has 0 aliphatic heterocycles. The molecule has 1 aliphatic carbocycles. The summed E-state index contributed by atoms with van der Waals surface area (Å²) in [6.07, 6.45) is 7.25. The Balaban J connectivity index is 1.80. The van der Waals surface area contributed by atoms with E-state index in [2.05, 4.69) is 9.98 Å². The van der Waals surface area contributed by atoms with Crippen LogP contribution in [-0.2, 0) is 0 Å². The third kappa shape index (κ3) is 4.37. The van der Waals surface area contributed by atoms with Crippen molar-refractivity contribution in [3.63, 3.8) is 0 Å². The van der Waals surface area contributed by atoms with Gasteiger partial charge in [-0.25, -0.2) is 0 Å². The lowest BCUT2D eigenvalue weighted by Crippen LogP contribution is -2.27. The number of phenolic OH excluding ortho intramolecular Hbond substituents is 2. The number of phenols is 2. The number of aliphatic imine (C=N–C) groups is 2. The normalized spacial score (nSPS) is 20.8. The lowest BCUT2D eigenvalue weighted by Gasteiger charge is -2.25. The standard InChI is InChI=1S/C20H20Cl2N2O2/c21-15-5-3-9-19(25)13(15)11-23-17-7-1-2-8-18(17)24-12-14-16(22)6-4-10-20(14)26/h3-6,9-12,17-18,25-26H,1-2,7-8H2/t17-,18-/m1/s1. The first kappa shape index (κ1) is 18.7. The summed E-state index contributed by atoms with van der Waals surface area (Å²) in [5.41, 5.74) is 1.04. The summed E-state index contributed by atoms with van der Waals surface area (Å²) >= 11 is 12.3. The first-order chi connectivity index (χ1) is 12.6. The van der Waals surface area contributed by atoms with E-state index in [0.29, 0.717) is 21.2 Å². The summed E-state index contributed by atoms with van der Waals surface area (Å²) in [6, 6.07) is 10.0. The van der Waals surface area contributed by atoms with E-state index in [1.54, 1.807) is 48.8 Å². The van der Waals surface area contributed by atoms with Crippen molar-refractivity contribution in [1.82, 2.24) is 0 Å². The van der Waals surface area contributed by atoms with Crippen molar-refractivity contribution in [3.8, 4) is 11.5 Å². The van der Waals surface area contributed by atoms with Crippen LogP contribution in [0.2, 0.25) is 10.0 Å². The van der Waals surface area contributed by atoms with E-state index in [4.69, 9.17) is 23.2 Å². The van der Waals surface area contributed by atoms with Gasteiger partial charge in [0.25, 0.3) is 0 Å². The van der Waals surface area contributed by atoms with Gasteiger partial charge in [0.1, 0.15) is 11.5 Å². The Hall–Kier alpha value is -2.04. The molecule has 2 aromatic carbocycles. The second-order valence-electron chi connectivity index (χ2n) is 6.32. The number of aromatic hydroxyl groups is 2. The van der Waals surface area contributed by atoms with Gasteiger partial charge in [-0.1, -0.05) is 48.2 Å². The molecule has 0 bridgehead atoms. The SMILES string of the molecule is Oc1cccc(Cl)c1C=N[C@@H]1CCCC[C@H]1N=Cc1c(O)cccc1Cl. The summed E-state index contributed by atoms with van der Waals surface area (Å²) in [7, 11) is 0. The number of hydrogen-bond donors (Lipinski definition) is 2. The van der Waals surface area contributed by atoms with Crippen LogP contribution in [-0.4, -0.2) is 34.7 Å². The summed E-state index contributed by atoms with van der Waals surface area (Å²) in [5.74, 6) is 0.219. The van der Waals surface area contributed by atoms with E-state index < -0.39 is 0 Å². The van der Waals surface area contributed by atoms with E-state index in [0.717, 1.165) is 25.7 Å². The van der Waals surface area contributed by atoms with Crippen LogP contribution < -0.4 is 0 Å². The number of rotatable bonds is 4. The Morgan fingerprint density at radius 2 is 1.19 bits per heavy atom. The molecule has 0 unspecified atom stereocenters. The van der Waals surface area contributed by atoms with Gasteiger partial charge >= 0.3 is 0 Å². The summed E-state index contributed by atoms with van der Waals surface area (Å²) in [4.78, 5) is 9.27. The Morgan fingerprint density at radius 1 is 0.769 bits per heavy atom. The minimum atomic E-state index is 0.000281. The van der Waals surface area contributed by atoms with E-state index in [1.165, 1.54) is 0 Å². The van der Waals surface area contributed by atoms with Crippen molar-refractivity contribution in [2.75, 3.05) is 0 Å². The van der Waals surface area contributed by atoms with Crippen molar-refractivity contribution in [2.24, 2.45) is 9.98 Å². The number of halogens is 2. The highest BCUT2D eigenvalue weighted by Crippen LogP contribution is 2.28. The van der Waals surface area contributed by atoms with Crippen molar-refractivity contribution in [2.45, 2.75) is 37.8 Å². The van der Waals surface area contributed by atoms with Crippen LogP contribution >= 0.6 is 23.2 Å². The molecule has 0 saturated heterocycles. The highest BCUT2D eigenvalue weighted by atomic mass is 35.5. The molecule has 26 heavy (non-hydrogen) atoms. The van der Waals surface area contributed by atoms with E-state index >= 15 is 0 Å². The van der Waals surface area contributed by atoms with Gasteiger partial charge in [-0.2, -0.15) is 0 Å². The molecule has 4 nitrogen and oxygen atoms in total. The van der Waals surface area contributed by atoms with Gasteiger partial charge < -0.3 is 10.2 Å². The zero-order chi connectivity index (χ0) is 18.5. The van der Waals surface area contributed by atoms with Gasteiger partial charge in [-0.3, -0.25) is 9.98 Å². The molecule has 0 aromatic heterocycles. The van der Waals surface area contributed by atoms with E-state index in [9.17, 15) is 10.2 Å². The molecule has 2 atom stereocenters. The Bertz CT molecular complexity index is 727. The lowest BCUT2D eigenvalue weighted by atomic mass is 9.91. The van der Waals surface area contributed by atoms with Crippen molar-refractivity contribution >= 4 is 35.6 Å². The fraction of sp³-hybridized carbons (Fsp3) is 0.300. The summed E-state index contributed by atoms with van der Waals surface area (Å²) < 4.78 is 0. The third-order valence-corrected chi connectivity index (χ3v) is 5.20. The maximum atomic E-state index is 9.95. The first-order valence-electron chi connectivity index (χ1n) is 8.57. The maximum Gasteiger partial charge on any atom is 0.125 e. The van der Waals surface area contributed by atoms with Crippen LogP contribution in [0.15, 0.2) is 46.4 Å². The van der Waals surface area contributed by atoms with Gasteiger partial charge in [-0.05, 0) is 37.1 Å².